The van der Waals surface area contributed by atoms with Crippen molar-refractivity contribution < 1.29 is 27.8 Å². The van der Waals surface area contributed by atoms with Crippen molar-refractivity contribution in [3.8, 4) is 5.88 Å². The average molecular weight is 411 g/mol. The first kappa shape index (κ1) is 22.5. The lowest BCUT2D eigenvalue weighted by Crippen LogP contribution is -2.50. The molecule has 1 aromatic carbocycles. The molecule has 158 valence electrons. The molecule has 0 saturated carbocycles. The van der Waals surface area contributed by atoms with E-state index in [1.165, 1.54) is 6.07 Å². The largest absolute Gasteiger partial charge is 0.481 e. The number of rotatable bonds is 4. The Hall–Kier alpha value is -2.81. The van der Waals surface area contributed by atoms with Crippen molar-refractivity contribution in [2.45, 2.75) is 32.7 Å². The fourth-order valence-corrected chi connectivity index (χ4v) is 2.82. The first-order chi connectivity index (χ1) is 13.7. The molecule has 2 aromatic rings. The third kappa shape index (κ3) is 6.94. The van der Waals surface area contributed by atoms with E-state index in [1.54, 1.807) is 12.1 Å². The molecule has 1 fully saturated rings. The monoisotopic (exact) mass is 411 g/mol. The Morgan fingerprint density at radius 2 is 1.93 bits per heavy atom. The molecule has 29 heavy (non-hydrogen) atoms. The number of ether oxygens (including phenoxy) is 1. The maximum atomic E-state index is 13.3. The average Bonchev–Trinajstić information content (AvgIpc) is 2.66. The van der Waals surface area contributed by atoms with Crippen molar-refractivity contribution in [3.05, 3.63) is 53.6 Å². The van der Waals surface area contributed by atoms with E-state index in [9.17, 15) is 13.2 Å². The van der Waals surface area contributed by atoms with Gasteiger partial charge in [-0.1, -0.05) is 30.3 Å². The zero-order chi connectivity index (χ0) is 21.4. The second kappa shape index (κ2) is 10.1. The summed E-state index contributed by atoms with van der Waals surface area (Å²) in [5, 5.41) is 10.7. The predicted molar refractivity (Wildman–Crippen MR) is 103 cm³/mol. The number of halogens is 3. The van der Waals surface area contributed by atoms with E-state index in [4.69, 9.17) is 14.6 Å². The van der Waals surface area contributed by atoms with Crippen molar-refractivity contribution in [3.63, 3.8) is 0 Å². The number of carboxylic acid groups (broad SMARTS) is 1. The molecule has 1 saturated heterocycles. The van der Waals surface area contributed by atoms with Gasteiger partial charge in [0.2, 0.25) is 5.88 Å². The smallest absolute Gasteiger partial charge is 0.421 e. The summed E-state index contributed by atoms with van der Waals surface area (Å²) in [5.41, 5.74) is -0.0617. The van der Waals surface area contributed by atoms with Gasteiger partial charge in [0.15, 0.2) is 0 Å². The third-order valence-corrected chi connectivity index (χ3v) is 4.16. The van der Waals surface area contributed by atoms with Crippen LogP contribution in [0.3, 0.4) is 0 Å². The van der Waals surface area contributed by atoms with Gasteiger partial charge in [-0.2, -0.15) is 18.2 Å². The van der Waals surface area contributed by atoms with E-state index in [0.717, 1.165) is 31.6 Å². The summed E-state index contributed by atoms with van der Waals surface area (Å²) in [4.78, 5) is 15.2. The van der Waals surface area contributed by atoms with Crippen LogP contribution in [-0.2, 0) is 17.6 Å². The van der Waals surface area contributed by atoms with Gasteiger partial charge in [-0.3, -0.25) is 4.79 Å². The van der Waals surface area contributed by atoms with Crippen LogP contribution in [-0.4, -0.2) is 41.7 Å². The summed E-state index contributed by atoms with van der Waals surface area (Å²) in [5.74, 6) is -0.704. The number of nitrogens with one attached hydrogen (secondary N) is 1. The van der Waals surface area contributed by atoms with Crippen molar-refractivity contribution >= 4 is 11.8 Å². The molecule has 9 heteroatoms. The maximum Gasteiger partial charge on any atom is 0.421 e. The summed E-state index contributed by atoms with van der Waals surface area (Å²) in [6, 6.07) is 11.7. The van der Waals surface area contributed by atoms with Crippen LogP contribution in [0.4, 0.5) is 19.0 Å². The molecule has 1 aromatic heterocycles. The van der Waals surface area contributed by atoms with Crippen molar-refractivity contribution in [2.75, 3.05) is 24.5 Å². The Morgan fingerprint density at radius 3 is 2.52 bits per heavy atom. The van der Waals surface area contributed by atoms with Crippen LogP contribution in [0.2, 0.25) is 0 Å². The quantitative estimate of drug-likeness (QED) is 0.801. The minimum atomic E-state index is -4.51. The molecule has 2 heterocycles. The molecular formula is C20H24F3N3O3. The molecule has 6 nitrogen and oxygen atoms in total. The second-order valence-corrected chi connectivity index (χ2v) is 6.56. The van der Waals surface area contributed by atoms with E-state index in [-0.39, 0.29) is 18.5 Å². The lowest BCUT2D eigenvalue weighted by atomic mass is 10.2. The van der Waals surface area contributed by atoms with Gasteiger partial charge < -0.3 is 20.1 Å². The highest BCUT2D eigenvalue weighted by atomic mass is 19.4. The number of carboxylic acids is 1. The molecule has 3 rings (SSSR count). The summed E-state index contributed by atoms with van der Waals surface area (Å²) < 4.78 is 45.3. The lowest BCUT2D eigenvalue weighted by Gasteiger charge is -2.35. The fraction of sp³-hybridized carbons (Fsp3) is 0.400. The second-order valence-electron chi connectivity index (χ2n) is 6.56. The van der Waals surface area contributed by atoms with Crippen LogP contribution in [0.1, 0.15) is 25.0 Å². The summed E-state index contributed by atoms with van der Waals surface area (Å²) in [6.45, 7) is 5.36. The van der Waals surface area contributed by atoms with Crippen molar-refractivity contribution in [1.29, 1.82) is 0 Å². The van der Waals surface area contributed by atoms with Gasteiger partial charge in [0, 0.05) is 32.6 Å². The first-order valence-corrected chi connectivity index (χ1v) is 9.10. The standard InChI is InChI=1S/C18H20F3N3O.C2H4O2/c1-13-11-22-9-10-24(13)16-8-7-15(18(19,20)21)17(23-16)25-12-14-5-3-2-4-6-14;1-2(3)4/h2-8,13,22H,9-12H2,1H3;1H3,(H,3,4). The number of carbonyl (C=O) groups is 1. The number of piperazine rings is 1. The molecule has 0 amide bonds. The Balaban J connectivity index is 0.000000687. The fourth-order valence-electron chi connectivity index (χ4n) is 2.82. The van der Waals surface area contributed by atoms with E-state index < -0.39 is 17.7 Å². The number of alkyl halides is 3. The number of hydrogen-bond donors (Lipinski definition) is 2. The van der Waals surface area contributed by atoms with E-state index in [1.807, 2.05) is 30.0 Å². The molecule has 0 bridgehead atoms. The number of hydrogen-bond acceptors (Lipinski definition) is 5. The summed E-state index contributed by atoms with van der Waals surface area (Å²) in [6.07, 6.45) is -4.51. The van der Waals surface area contributed by atoms with E-state index >= 15 is 0 Å². The molecule has 1 aliphatic rings. The summed E-state index contributed by atoms with van der Waals surface area (Å²) >= 11 is 0. The molecule has 0 spiro atoms. The number of pyridine rings is 1. The predicted octanol–water partition coefficient (Wildman–Crippen LogP) is 3.57. The van der Waals surface area contributed by atoms with Crippen LogP contribution in [0.25, 0.3) is 0 Å². The molecule has 0 aliphatic carbocycles. The topological polar surface area (TPSA) is 74.7 Å². The molecule has 1 atom stereocenters. The van der Waals surface area contributed by atoms with Gasteiger partial charge >= 0.3 is 6.18 Å². The number of benzene rings is 1. The van der Waals surface area contributed by atoms with E-state index in [0.29, 0.717) is 12.4 Å². The SMILES string of the molecule is CC(=O)O.CC1CNCCN1c1ccc(C(F)(F)F)c(OCc2ccccc2)n1. The third-order valence-electron chi connectivity index (χ3n) is 4.16. The normalized spacial score (nSPS) is 16.6. The first-order valence-electron chi connectivity index (χ1n) is 9.10. The molecule has 0 radical (unpaired) electrons. The van der Waals surface area contributed by atoms with Gasteiger partial charge in [-0.15, -0.1) is 0 Å². The summed E-state index contributed by atoms with van der Waals surface area (Å²) in [7, 11) is 0. The number of aromatic nitrogens is 1. The van der Waals surface area contributed by atoms with Crippen LogP contribution < -0.4 is 15.0 Å². The highest BCUT2D eigenvalue weighted by Crippen LogP contribution is 2.37. The number of nitrogens with zero attached hydrogens (tertiary/aromatic N) is 2. The Bertz CT molecular complexity index is 797. The maximum absolute atomic E-state index is 13.3. The minimum Gasteiger partial charge on any atom is -0.481 e. The van der Waals surface area contributed by atoms with Gasteiger partial charge in [-0.25, -0.2) is 0 Å². The zero-order valence-corrected chi connectivity index (χ0v) is 16.2. The highest BCUT2D eigenvalue weighted by molar-refractivity contribution is 5.62. The van der Waals surface area contributed by atoms with Gasteiger partial charge in [-0.05, 0) is 24.6 Å². The van der Waals surface area contributed by atoms with Gasteiger partial charge in [0.05, 0.1) is 0 Å². The zero-order valence-electron chi connectivity index (χ0n) is 16.2. The van der Waals surface area contributed by atoms with Crippen LogP contribution in [0.5, 0.6) is 5.88 Å². The molecule has 1 aliphatic heterocycles. The lowest BCUT2D eigenvalue weighted by molar-refractivity contribution is -0.139. The Labute approximate surface area is 167 Å². The number of aliphatic carboxylic acids is 1. The van der Waals surface area contributed by atoms with Crippen LogP contribution >= 0.6 is 0 Å². The van der Waals surface area contributed by atoms with Crippen LogP contribution in [0.15, 0.2) is 42.5 Å². The number of anilines is 1. The van der Waals surface area contributed by atoms with Crippen molar-refractivity contribution in [1.82, 2.24) is 10.3 Å². The molecule has 2 N–H and O–H groups in total. The Kier molecular flexibility index (Phi) is 7.83. The van der Waals surface area contributed by atoms with E-state index in [2.05, 4.69) is 10.3 Å². The highest BCUT2D eigenvalue weighted by Gasteiger charge is 2.36. The van der Waals surface area contributed by atoms with Gasteiger partial charge in [0.1, 0.15) is 18.0 Å². The molecular weight excluding hydrogens is 387 g/mol. The van der Waals surface area contributed by atoms with Crippen LogP contribution in [0, 0.1) is 0 Å². The Morgan fingerprint density at radius 1 is 1.28 bits per heavy atom. The minimum absolute atomic E-state index is 0.0392. The molecule has 1 unspecified atom stereocenters. The van der Waals surface area contributed by atoms with Gasteiger partial charge in [0.25, 0.3) is 5.97 Å². The van der Waals surface area contributed by atoms with Crippen molar-refractivity contribution in [2.24, 2.45) is 0 Å².